The van der Waals surface area contributed by atoms with Crippen molar-refractivity contribution in [3.05, 3.63) is 28.3 Å². The minimum Gasteiger partial charge on any atom is -0.508 e. The standard InChI is InChI=1S/C22H38O/c1-9-14(5)18-13-19(23)21(16(7)11-3)22(17(8)12-4)20(18)15(6)10-2/h13-17,23H,9-12H2,1-8H3/t14-,15+,16+,17+/m0/s1. The van der Waals surface area contributed by atoms with Crippen LogP contribution in [0.2, 0.25) is 0 Å². The molecule has 1 rings (SSSR count). The Morgan fingerprint density at radius 2 is 1.04 bits per heavy atom. The fourth-order valence-corrected chi connectivity index (χ4v) is 3.58. The highest BCUT2D eigenvalue weighted by Crippen LogP contribution is 2.45. The van der Waals surface area contributed by atoms with Gasteiger partial charge >= 0.3 is 0 Å². The van der Waals surface area contributed by atoms with E-state index in [1.54, 1.807) is 0 Å². The SMILES string of the molecule is CC[C@@H](C)c1c(O)cc([C@@H](C)CC)c([C@H](C)CC)c1[C@H](C)CC. The van der Waals surface area contributed by atoms with E-state index in [4.69, 9.17) is 0 Å². The first kappa shape index (κ1) is 20.1. The van der Waals surface area contributed by atoms with Crippen LogP contribution >= 0.6 is 0 Å². The molecule has 0 aliphatic carbocycles. The smallest absolute Gasteiger partial charge is 0.119 e. The predicted octanol–water partition coefficient (Wildman–Crippen LogP) is 7.45. The van der Waals surface area contributed by atoms with Crippen molar-refractivity contribution in [2.45, 2.75) is 105 Å². The summed E-state index contributed by atoms with van der Waals surface area (Å²) >= 11 is 0. The van der Waals surface area contributed by atoms with Gasteiger partial charge in [0.15, 0.2) is 0 Å². The van der Waals surface area contributed by atoms with Gasteiger partial charge in [-0.1, -0.05) is 55.4 Å². The molecular formula is C22H38O. The van der Waals surface area contributed by atoms with Gasteiger partial charge in [0.1, 0.15) is 5.75 Å². The zero-order valence-corrected chi connectivity index (χ0v) is 16.7. The third kappa shape index (κ3) is 4.11. The quantitative estimate of drug-likeness (QED) is 0.528. The third-order valence-electron chi connectivity index (χ3n) is 5.92. The van der Waals surface area contributed by atoms with E-state index in [0.717, 1.165) is 25.7 Å². The molecule has 1 nitrogen and oxygen atoms in total. The van der Waals surface area contributed by atoms with E-state index in [2.05, 4.69) is 61.5 Å². The summed E-state index contributed by atoms with van der Waals surface area (Å²) in [6, 6.07) is 2.09. The number of phenolic OH excluding ortho intramolecular Hbond substituents is 1. The molecule has 1 aromatic carbocycles. The normalized spacial score (nSPS) is 16.9. The molecule has 0 spiro atoms. The monoisotopic (exact) mass is 318 g/mol. The zero-order chi connectivity index (χ0) is 17.7. The number of aromatic hydroxyl groups is 1. The summed E-state index contributed by atoms with van der Waals surface area (Å²) in [5, 5.41) is 10.8. The van der Waals surface area contributed by atoms with Crippen LogP contribution in [0.15, 0.2) is 6.07 Å². The molecule has 1 N–H and O–H groups in total. The Morgan fingerprint density at radius 1 is 0.652 bits per heavy atom. The van der Waals surface area contributed by atoms with E-state index in [1.165, 1.54) is 22.3 Å². The molecule has 0 aromatic heterocycles. The molecule has 1 aromatic rings. The number of hydrogen-bond donors (Lipinski definition) is 1. The molecule has 4 atom stereocenters. The lowest BCUT2D eigenvalue weighted by Gasteiger charge is -2.31. The summed E-state index contributed by atoms with van der Waals surface area (Å²) in [6.45, 7) is 18.2. The lowest BCUT2D eigenvalue weighted by Crippen LogP contribution is -2.13. The van der Waals surface area contributed by atoms with Gasteiger partial charge in [0, 0.05) is 5.56 Å². The van der Waals surface area contributed by atoms with Crippen LogP contribution in [0.5, 0.6) is 5.75 Å². The zero-order valence-electron chi connectivity index (χ0n) is 16.7. The summed E-state index contributed by atoms with van der Waals surface area (Å²) in [7, 11) is 0. The second-order valence-corrected chi connectivity index (χ2v) is 7.46. The van der Waals surface area contributed by atoms with Crippen LogP contribution in [0.25, 0.3) is 0 Å². The topological polar surface area (TPSA) is 20.2 Å². The van der Waals surface area contributed by atoms with Gasteiger partial charge in [-0.3, -0.25) is 0 Å². The van der Waals surface area contributed by atoms with E-state index in [9.17, 15) is 5.11 Å². The minimum atomic E-state index is 0.410. The van der Waals surface area contributed by atoms with E-state index in [0.29, 0.717) is 29.4 Å². The highest BCUT2D eigenvalue weighted by molar-refractivity contribution is 5.54. The van der Waals surface area contributed by atoms with Crippen LogP contribution in [0.3, 0.4) is 0 Å². The molecule has 1 heteroatoms. The molecule has 0 aliphatic heterocycles. The average molecular weight is 319 g/mol. The van der Waals surface area contributed by atoms with Gasteiger partial charge in [-0.15, -0.1) is 0 Å². The maximum Gasteiger partial charge on any atom is 0.119 e. The lowest BCUT2D eigenvalue weighted by atomic mass is 9.75. The van der Waals surface area contributed by atoms with Gasteiger partial charge < -0.3 is 5.11 Å². The maximum absolute atomic E-state index is 10.8. The van der Waals surface area contributed by atoms with Crippen molar-refractivity contribution < 1.29 is 5.11 Å². The van der Waals surface area contributed by atoms with E-state index in [1.807, 2.05) is 0 Å². The molecule has 0 aliphatic rings. The molecule has 0 radical (unpaired) electrons. The van der Waals surface area contributed by atoms with Crippen molar-refractivity contribution in [3.63, 3.8) is 0 Å². The molecule has 0 unspecified atom stereocenters. The van der Waals surface area contributed by atoms with Gasteiger partial charge in [-0.05, 0) is 72.1 Å². The second kappa shape index (κ2) is 8.76. The van der Waals surface area contributed by atoms with Crippen molar-refractivity contribution in [1.82, 2.24) is 0 Å². The Morgan fingerprint density at radius 3 is 1.48 bits per heavy atom. The second-order valence-electron chi connectivity index (χ2n) is 7.46. The van der Waals surface area contributed by atoms with Crippen LogP contribution in [0, 0.1) is 0 Å². The van der Waals surface area contributed by atoms with Crippen molar-refractivity contribution in [2.24, 2.45) is 0 Å². The lowest BCUT2D eigenvalue weighted by molar-refractivity contribution is 0.455. The van der Waals surface area contributed by atoms with Crippen molar-refractivity contribution in [3.8, 4) is 5.75 Å². The number of phenols is 1. The Labute approximate surface area is 144 Å². The van der Waals surface area contributed by atoms with Gasteiger partial charge in [0.2, 0.25) is 0 Å². The summed E-state index contributed by atoms with van der Waals surface area (Å²) in [6.07, 6.45) is 4.46. The molecule has 23 heavy (non-hydrogen) atoms. The fourth-order valence-electron chi connectivity index (χ4n) is 3.58. The van der Waals surface area contributed by atoms with Crippen LogP contribution < -0.4 is 0 Å². The Hall–Kier alpha value is -0.980. The molecule has 0 bridgehead atoms. The first-order valence-corrected chi connectivity index (χ1v) is 9.73. The van der Waals surface area contributed by atoms with E-state index in [-0.39, 0.29) is 0 Å². The van der Waals surface area contributed by atoms with Crippen molar-refractivity contribution in [2.75, 3.05) is 0 Å². The van der Waals surface area contributed by atoms with Gasteiger partial charge in [-0.25, -0.2) is 0 Å². The number of benzene rings is 1. The summed E-state index contributed by atoms with van der Waals surface area (Å²) in [4.78, 5) is 0. The van der Waals surface area contributed by atoms with Crippen LogP contribution in [-0.2, 0) is 0 Å². The van der Waals surface area contributed by atoms with Crippen molar-refractivity contribution >= 4 is 0 Å². The summed E-state index contributed by atoms with van der Waals surface area (Å²) in [5.41, 5.74) is 5.57. The van der Waals surface area contributed by atoms with Gasteiger partial charge in [0.05, 0.1) is 0 Å². The molecular weight excluding hydrogens is 280 g/mol. The molecule has 0 saturated carbocycles. The fraction of sp³-hybridized carbons (Fsp3) is 0.727. The van der Waals surface area contributed by atoms with E-state index < -0.39 is 0 Å². The molecule has 0 saturated heterocycles. The van der Waals surface area contributed by atoms with Crippen LogP contribution in [0.1, 0.15) is 127 Å². The molecule has 0 fully saturated rings. The number of hydrogen-bond acceptors (Lipinski definition) is 1. The van der Waals surface area contributed by atoms with Crippen LogP contribution in [0.4, 0.5) is 0 Å². The first-order valence-electron chi connectivity index (χ1n) is 9.73. The van der Waals surface area contributed by atoms with Gasteiger partial charge in [0.25, 0.3) is 0 Å². The Balaban J connectivity index is 3.81. The predicted molar refractivity (Wildman–Crippen MR) is 103 cm³/mol. The largest absolute Gasteiger partial charge is 0.508 e. The highest BCUT2D eigenvalue weighted by Gasteiger charge is 2.27. The molecule has 132 valence electrons. The summed E-state index contributed by atoms with van der Waals surface area (Å²) in [5.74, 6) is 2.48. The Kier molecular flexibility index (Phi) is 7.64. The first-order chi connectivity index (χ1) is 10.8. The van der Waals surface area contributed by atoms with Crippen LogP contribution in [-0.4, -0.2) is 5.11 Å². The molecule has 0 amide bonds. The van der Waals surface area contributed by atoms with E-state index >= 15 is 0 Å². The average Bonchev–Trinajstić information content (AvgIpc) is 2.57. The highest BCUT2D eigenvalue weighted by atomic mass is 16.3. The minimum absolute atomic E-state index is 0.410. The number of rotatable bonds is 8. The summed E-state index contributed by atoms with van der Waals surface area (Å²) < 4.78 is 0. The van der Waals surface area contributed by atoms with Gasteiger partial charge in [-0.2, -0.15) is 0 Å². The van der Waals surface area contributed by atoms with Crippen molar-refractivity contribution in [1.29, 1.82) is 0 Å². The third-order valence-corrected chi connectivity index (χ3v) is 5.92. The Bertz CT molecular complexity index is 503. The molecule has 0 heterocycles. The maximum atomic E-state index is 10.8.